The van der Waals surface area contributed by atoms with Gasteiger partial charge in [0.15, 0.2) is 0 Å². The number of rotatable bonds is 1. The first-order chi connectivity index (χ1) is 3.83. The van der Waals surface area contributed by atoms with E-state index in [0.717, 1.165) is 18.6 Å². The summed E-state index contributed by atoms with van der Waals surface area (Å²) in [5, 5.41) is 3.81. The van der Waals surface area contributed by atoms with Crippen molar-refractivity contribution in [2.24, 2.45) is 5.16 Å². The maximum Gasteiger partial charge on any atom is 0.132 e. The zero-order chi connectivity index (χ0) is 5.98. The molecule has 0 aromatic heterocycles. The van der Waals surface area contributed by atoms with Crippen molar-refractivity contribution in [1.29, 1.82) is 0 Å². The molecule has 0 saturated carbocycles. The molecule has 0 aliphatic carbocycles. The van der Waals surface area contributed by atoms with Crippen LogP contribution in [0.2, 0.25) is 0 Å². The molecule has 1 heterocycles. The quantitative estimate of drug-likeness (QED) is 0.532. The first-order valence-corrected chi connectivity index (χ1v) is 3.02. The Labute approximate surface area is 56.9 Å². The summed E-state index contributed by atoms with van der Waals surface area (Å²) in [5.74, 6) is 0. The Hall–Kier alpha value is -0.530. The highest BCUT2D eigenvalue weighted by atomic mass is 16.6. The average molecular weight is 129 g/mol. The number of hydrogen-bond donors (Lipinski definition) is 0. The van der Waals surface area contributed by atoms with E-state index in [2.05, 4.69) is 12.1 Å². The summed E-state index contributed by atoms with van der Waals surface area (Å²) < 4.78 is 0. The summed E-state index contributed by atoms with van der Waals surface area (Å²) in [5.41, 5.74) is 1.12. The minimum atomic E-state index is 0. The van der Waals surface area contributed by atoms with Crippen LogP contribution in [0.15, 0.2) is 5.16 Å². The molecule has 0 aromatic carbocycles. The fourth-order valence-corrected chi connectivity index (χ4v) is 0.787. The van der Waals surface area contributed by atoms with Gasteiger partial charge in [0.2, 0.25) is 0 Å². The minimum Gasteiger partial charge on any atom is -0.392 e. The van der Waals surface area contributed by atoms with Gasteiger partial charge in [0.1, 0.15) is 6.10 Å². The summed E-state index contributed by atoms with van der Waals surface area (Å²) in [6.45, 7) is 4.11. The van der Waals surface area contributed by atoms with Crippen LogP contribution in [0.5, 0.6) is 0 Å². The fraction of sp³-hybridized carbons (Fsp3) is 0.857. The molecule has 0 bridgehead atoms. The van der Waals surface area contributed by atoms with Crippen LogP contribution in [0.1, 0.15) is 34.1 Å². The van der Waals surface area contributed by atoms with E-state index in [0.29, 0.717) is 6.10 Å². The molecule has 9 heavy (non-hydrogen) atoms. The highest BCUT2D eigenvalue weighted by Gasteiger charge is 2.14. The summed E-state index contributed by atoms with van der Waals surface area (Å²) in [6.07, 6.45) is 2.46. The third-order valence-electron chi connectivity index (χ3n) is 1.34. The summed E-state index contributed by atoms with van der Waals surface area (Å²) in [7, 11) is 0. The molecule has 2 nitrogen and oxygen atoms in total. The number of hydrogen-bond acceptors (Lipinski definition) is 2. The smallest absolute Gasteiger partial charge is 0.132 e. The van der Waals surface area contributed by atoms with Crippen molar-refractivity contribution in [3.63, 3.8) is 0 Å². The van der Waals surface area contributed by atoms with Gasteiger partial charge >= 0.3 is 0 Å². The van der Waals surface area contributed by atoms with Crippen molar-refractivity contribution in [2.75, 3.05) is 0 Å². The molecule has 0 radical (unpaired) electrons. The maximum atomic E-state index is 5.00. The zero-order valence-corrected chi connectivity index (χ0v) is 5.35. The van der Waals surface area contributed by atoms with E-state index in [1.54, 1.807) is 0 Å². The molecular formula is C7H15NO. The zero-order valence-electron chi connectivity index (χ0n) is 5.35. The van der Waals surface area contributed by atoms with Crippen molar-refractivity contribution in [3.05, 3.63) is 0 Å². The number of oxime groups is 1. The molecule has 0 aromatic rings. The molecule has 2 heteroatoms. The largest absolute Gasteiger partial charge is 0.392 e. The summed E-state index contributed by atoms with van der Waals surface area (Å²) in [6, 6.07) is 0. The van der Waals surface area contributed by atoms with Gasteiger partial charge in [-0.15, -0.1) is 0 Å². The van der Waals surface area contributed by atoms with Gasteiger partial charge in [-0.3, -0.25) is 0 Å². The van der Waals surface area contributed by atoms with Crippen LogP contribution in [-0.2, 0) is 4.84 Å². The molecule has 1 atom stereocenters. The Balaban J connectivity index is 0.000000640. The van der Waals surface area contributed by atoms with Gasteiger partial charge in [0.05, 0.1) is 5.71 Å². The second kappa shape index (κ2) is 3.49. The number of nitrogens with zero attached hydrogens (tertiary/aromatic N) is 1. The van der Waals surface area contributed by atoms with E-state index in [1.807, 2.05) is 6.92 Å². The Morgan fingerprint density at radius 1 is 1.78 bits per heavy atom. The third kappa shape index (κ3) is 2.04. The van der Waals surface area contributed by atoms with Crippen LogP contribution >= 0.6 is 0 Å². The molecule has 54 valence electrons. The molecule has 0 fully saturated rings. The minimum absolute atomic E-state index is 0. The van der Waals surface area contributed by atoms with Crippen molar-refractivity contribution < 1.29 is 4.84 Å². The van der Waals surface area contributed by atoms with Gasteiger partial charge < -0.3 is 4.84 Å². The van der Waals surface area contributed by atoms with Crippen LogP contribution in [-0.4, -0.2) is 11.8 Å². The van der Waals surface area contributed by atoms with Crippen molar-refractivity contribution in [1.82, 2.24) is 0 Å². The second-order valence-electron chi connectivity index (χ2n) is 2.17. The van der Waals surface area contributed by atoms with E-state index < -0.39 is 0 Å². The lowest BCUT2D eigenvalue weighted by atomic mass is 10.2. The van der Waals surface area contributed by atoms with Crippen molar-refractivity contribution in [3.8, 4) is 0 Å². The molecule has 0 spiro atoms. The van der Waals surface area contributed by atoms with E-state index in [9.17, 15) is 0 Å². The lowest BCUT2D eigenvalue weighted by Crippen LogP contribution is -2.03. The second-order valence-corrected chi connectivity index (χ2v) is 2.17. The predicted octanol–water partition coefficient (Wildman–Crippen LogP) is 2.20. The van der Waals surface area contributed by atoms with Gasteiger partial charge in [0.25, 0.3) is 0 Å². The average Bonchev–Trinajstić information content (AvgIpc) is 2.14. The van der Waals surface area contributed by atoms with Crippen LogP contribution in [0.3, 0.4) is 0 Å². The molecule has 1 unspecified atom stereocenters. The highest BCUT2D eigenvalue weighted by Crippen LogP contribution is 2.11. The molecule has 1 aliphatic rings. The van der Waals surface area contributed by atoms with Gasteiger partial charge in [-0.2, -0.15) is 0 Å². The molecule has 0 N–H and O–H groups in total. The lowest BCUT2D eigenvalue weighted by Gasteiger charge is -2.00. The van der Waals surface area contributed by atoms with Gasteiger partial charge in [-0.25, -0.2) is 0 Å². The van der Waals surface area contributed by atoms with E-state index in [-0.39, 0.29) is 7.43 Å². The SMILES string of the molecule is C.CCC1CC(C)=NO1. The topological polar surface area (TPSA) is 21.6 Å². The predicted molar refractivity (Wildman–Crippen MR) is 39.6 cm³/mol. The molecule has 1 aliphatic heterocycles. The fourth-order valence-electron chi connectivity index (χ4n) is 0.787. The van der Waals surface area contributed by atoms with Crippen LogP contribution in [0.25, 0.3) is 0 Å². The molecule has 0 saturated heterocycles. The molecular weight excluding hydrogens is 114 g/mol. The maximum absolute atomic E-state index is 5.00. The first-order valence-electron chi connectivity index (χ1n) is 3.02. The van der Waals surface area contributed by atoms with Gasteiger partial charge in [0, 0.05) is 6.42 Å². The van der Waals surface area contributed by atoms with Crippen LogP contribution in [0.4, 0.5) is 0 Å². The third-order valence-corrected chi connectivity index (χ3v) is 1.34. The van der Waals surface area contributed by atoms with Crippen molar-refractivity contribution >= 4 is 5.71 Å². The monoisotopic (exact) mass is 129 g/mol. The Morgan fingerprint density at radius 2 is 2.44 bits per heavy atom. The first kappa shape index (κ1) is 8.47. The highest BCUT2D eigenvalue weighted by molar-refractivity contribution is 5.82. The van der Waals surface area contributed by atoms with Crippen molar-refractivity contribution in [2.45, 2.75) is 40.2 Å². The Kier molecular flexibility index (Phi) is 3.28. The molecule has 0 amide bonds. The summed E-state index contributed by atoms with van der Waals surface area (Å²) >= 11 is 0. The Bertz CT molecular complexity index is 109. The Morgan fingerprint density at radius 3 is 2.67 bits per heavy atom. The molecule has 1 rings (SSSR count). The van der Waals surface area contributed by atoms with Gasteiger partial charge in [-0.05, 0) is 13.3 Å². The lowest BCUT2D eigenvalue weighted by molar-refractivity contribution is 0.0829. The van der Waals surface area contributed by atoms with Gasteiger partial charge in [-0.1, -0.05) is 19.5 Å². The van der Waals surface area contributed by atoms with Crippen LogP contribution in [0, 0.1) is 0 Å². The summed E-state index contributed by atoms with van der Waals surface area (Å²) in [4.78, 5) is 5.00. The van der Waals surface area contributed by atoms with E-state index in [4.69, 9.17) is 4.84 Å². The van der Waals surface area contributed by atoms with Crippen LogP contribution < -0.4 is 0 Å². The van der Waals surface area contributed by atoms with E-state index in [1.165, 1.54) is 0 Å². The normalized spacial score (nSPS) is 24.2. The van der Waals surface area contributed by atoms with E-state index >= 15 is 0 Å². The standard InChI is InChI=1S/C6H11NO.CH4/c1-3-6-4-5(2)7-8-6;/h6H,3-4H2,1-2H3;1H4.